The SMILES string of the molecule is Cc1cc(C)c2c(OCC(=O)Nc3nc(-c4ccc(C)c([N+](=O)[O-])c4)cs3)nn(C)c2n1. The number of carbonyl (C=O) groups excluding carboxylic acids is 1. The fraction of sp³-hybridized carbons (Fsp3) is 0.238. The number of nitro groups is 1. The minimum atomic E-state index is -0.426. The Morgan fingerprint density at radius 1 is 1.22 bits per heavy atom. The van der Waals surface area contributed by atoms with Gasteiger partial charge in [-0.15, -0.1) is 16.4 Å². The fourth-order valence-electron chi connectivity index (χ4n) is 3.37. The van der Waals surface area contributed by atoms with Gasteiger partial charge in [0.2, 0.25) is 5.88 Å². The van der Waals surface area contributed by atoms with Crippen LogP contribution in [0.5, 0.6) is 5.88 Å². The number of nitro benzene ring substituents is 1. The molecule has 1 N–H and O–H groups in total. The Labute approximate surface area is 187 Å². The van der Waals surface area contributed by atoms with Gasteiger partial charge in [-0.3, -0.25) is 20.2 Å². The topological polar surface area (TPSA) is 125 Å². The van der Waals surface area contributed by atoms with Gasteiger partial charge < -0.3 is 4.74 Å². The molecule has 0 aliphatic carbocycles. The lowest BCUT2D eigenvalue weighted by atomic mass is 10.1. The van der Waals surface area contributed by atoms with Crippen molar-refractivity contribution in [2.75, 3.05) is 11.9 Å². The lowest BCUT2D eigenvalue weighted by Gasteiger charge is -2.05. The summed E-state index contributed by atoms with van der Waals surface area (Å²) in [5.74, 6) is -0.0493. The number of pyridine rings is 1. The molecule has 0 spiro atoms. The molecule has 10 nitrogen and oxygen atoms in total. The van der Waals surface area contributed by atoms with Gasteiger partial charge in [0.25, 0.3) is 11.6 Å². The average molecular weight is 452 g/mol. The Morgan fingerprint density at radius 2 is 2.00 bits per heavy atom. The van der Waals surface area contributed by atoms with E-state index >= 15 is 0 Å². The molecule has 0 fully saturated rings. The number of thiazole rings is 1. The number of benzene rings is 1. The third kappa shape index (κ3) is 4.14. The van der Waals surface area contributed by atoms with Crippen LogP contribution in [0.2, 0.25) is 0 Å². The second-order valence-electron chi connectivity index (χ2n) is 7.34. The Morgan fingerprint density at radius 3 is 2.75 bits per heavy atom. The number of amides is 1. The molecule has 4 aromatic rings. The average Bonchev–Trinajstić information content (AvgIpc) is 3.31. The number of ether oxygens (including phenoxy) is 1. The van der Waals surface area contributed by atoms with Crippen LogP contribution in [0.4, 0.5) is 10.8 Å². The third-order valence-corrected chi connectivity index (χ3v) is 5.64. The van der Waals surface area contributed by atoms with Crippen LogP contribution in [0.25, 0.3) is 22.3 Å². The standard InChI is InChI=1S/C21H20N6O4S/c1-11-5-6-14(8-16(11)27(29)30)15-10-32-21(23-15)24-17(28)9-31-20-18-12(2)7-13(3)22-19(18)26(4)25-20/h5-8,10H,9H2,1-4H3,(H,23,24,28). The number of nitrogens with zero attached hydrogens (tertiary/aromatic N) is 5. The van der Waals surface area contributed by atoms with Gasteiger partial charge in [0.05, 0.1) is 16.0 Å². The highest BCUT2D eigenvalue weighted by Gasteiger charge is 2.17. The first kappa shape index (κ1) is 21.4. The predicted octanol–water partition coefficient (Wildman–Crippen LogP) is 3.94. The first-order valence-corrected chi connectivity index (χ1v) is 10.6. The third-order valence-electron chi connectivity index (χ3n) is 4.88. The molecule has 0 atom stereocenters. The number of anilines is 1. The van der Waals surface area contributed by atoms with Crippen LogP contribution in [0.1, 0.15) is 16.8 Å². The van der Waals surface area contributed by atoms with Crippen molar-refractivity contribution in [1.82, 2.24) is 19.7 Å². The lowest BCUT2D eigenvalue weighted by molar-refractivity contribution is -0.385. The van der Waals surface area contributed by atoms with Crippen molar-refractivity contribution in [3.8, 4) is 17.1 Å². The summed E-state index contributed by atoms with van der Waals surface area (Å²) in [5, 5.41) is 21.1. The van der Waals surface area contributed by atoms with Gasteiger partial charge in [-0.2, -0.15) is 0 Å². The molecular weight excluding hydrogens is 432 g/mol. The van der Waals surface area contributed by atoms with Crippen LogP contribution in [0.3, 0.4) is 0 Å². The number of carbonyl (C=O) groups is 1. The first-order valence-electron chi connectivity index (χ1n) is 9.67. The fourth-order valence-corrected chi connectivity index (χ4v) is 4.10. The summed E-state index contributed by atoms with van der Waals surface area (Å²) in [4.78, 5) is 32.0. The minimum absolute atomic E-state index is 0.0250. The molecule has 0 radical (unpaired) electrons. The minimum Gasteiger partial charge on any atom is -0.466 e. The van der Waals surface area contributed by atoms with E-state index in [2.05, 4.69) is 20.4 Å². The van der Waals surface area contributed by atoms with Crippen molar-refractivity contribution in [1.29, 1.82) is 0 Å². The van der Waals surface area contributed by atoms with E-state index in [1.165, 1.54) is 17.4 Å². The smallest absolute Gasteiger partial charge is 0.272 e. The molecular formula is C21H20N6O4S. The van der Waals surface area contributed by atoms with Crippen molar-refractivity contribution in [3.63, 3.8) is 0 Å². The second-order valence-corrected chi connectivity index (χ2v) is 8.20. The van der Waals surface area contributed by atoms with Gasteiger partial charge in [-0.25, -0.2) is 14.6 Å². The Balaban J connectivity index is 1.45. The van der Waals surface area contributed by atoms with Crippen LogP contribution >= 0.6 is 11.3 Å². The van der Waals surface area contributed by atoms with Crippen LogP contribution < -0.4 is 10.1 Å². The van der Waals surface area contributed by atoms with E-state index in [9.17, 15) is 14.9 Å². The monoisotopic (exact) mass is 452 g/mol. The van der Waals surface area contributed by atoms with Crippen molar-refractivity contribution in [2.24, 2.45) is 7.05 Å². The zero-order valence-corrected chi connectivity index (χ0v) is 18.7. The molecule has 4 rings (SSSR count). The predicted molar refractivity (Wildman–Crippen MR) is 121 cm³/mol. The van der Waals surface area contributed by atoms with Gasteiger partial charge in [-0.05, 0) is 32.4 Å². The Hall–Kier alpha value is -3.86. The lowest BCUT2D eigenvalue weighted by Crippen LogP contribution is -2.20. The van der Waals surface area contributed by atoms with Crippen molar-refractivity contribution in [3.05, 3.63) is 56.6 Å². The maximum absolute atomic E-state index is 12.4. The highest BCUT2D eigenvalue weighted by Crippen LogP contribution is 2.30. The molecule has 3 aromatic heterocycles. The zero-order chi connectivity index (χ0) is 23.0. The molecule has 0 saturated carbocycles. The highest BCUT2D eigenvalue weighted by atomic mass is 32.1. The highest BCUT2D eigenvalue weighted by molar-refractivity contribution is 7.14. The molecule has 0 bridgehead atoms. The quantitative estimate of drug-likeness (QED) is 0.347. The van der Waals surface area contributed by atoms with Crippen LogP contribution in [0, 0.1) is 30.9 Å². The van der Waals surface area contributed by atoms with Crippen LogP contribution in [-0.4, -0.2) is 37.2 Å². The molecule has 164 valence electrons. The van der Waals surface area contributed by atoms with Gasteiger partial charge in [0, 0.05) is 35.3 Å². The Kier molecular flexibility index (Phi) is 5.57. The summed E-state index contributed by atoms with van der Waals surface area (Å²) in [6, 6.07) is 6.84. The zero-order valence-electron chi connectivity index (χ0n) is 17.9. The van der Waals surface area contributed by atoms with Crippen LogP contribution in [0.15, 0.2) is 29.6 Å². The summed E-state index contributed by atoms with van der Waals surface area (Å²) >= 11 is 1.23. The molecule has 0 aliphatic heterocycles. The first-order chi connectivity index (χ1) is 15.2. The number of aromatic nitrogens is 4. The van der Waals surface area contributed by atoms with Gasteiger partial charge in [-0.1, -0.05) is 12.1 Å². The van der Waals surface area contributed by atoms with E-state index in [4.69, 9.17) is 4.74 Å². The van der Waals surface area contributed by atoms with Crippen molar-refractivity contribution in [2.45, 2.75) is 20.8 Å². The summed E-state index contributed by atoms with van der Waals surface area (Å²) in [7, 11) is 1.77. The van der Waals surface area contributed by atoms with E-state index < -0.39 is 10.8 Å². The van der Waals surface area contributed by atoms with Gasteiger partial charge in [0.1, 0.15) is 0 Å². The molecule has 32 heavy (non-hydrogen) atoms. The van der Waals surface area contributed by atoms with Gasteiger partial charge in [0.15, 0.2) is 17.4 Å². The summed E-state index contributed by atoms with van der Waals surface area (Å²) < 4.78 is 7.28. The molecule has 0 aliphatic rings. The largest absolute Gasteiger partial charge is 0.466 e. The normalized spacial score (nSPS) is 11.0. The molecule has 3 heterocycles. The summed E-state index contributed by atoms with van der Waals surface area (Å²) in [5.41, 5.74) is 4.28. The van der Waals surface area contributed by atoms with E-state index in [0.29, 0.717) is 33.5 Å². The van der Waals surface area contributed by atoms with E-state index in [-0.39, 0.29) is 12.3 Å². The maximum atomic E-state index is 12.4. The molecule has 1 aromatic carbocycles. The van der Waals surface area contributed by atoms with E-state index in [0.717, 1.165) is 16.6 Å². The second kappa shape index (κ2) is 8.35. The Bertz CT molecular complexity index is 1360. The number of aryl methyl sites for hydroxylation is 4. The maximum Gasteiger partial charge on any atom is 0.272 e. The number of hydrogen-bond donors (Lipinski definition) is 1. The number of fused-ring (bicyclic) bond motifs is 1. The molecule has 1 amide bonds. The number of hydrogen-bond acceptors (Lipinski definition) is 8. The number of nitrogens with one attached hydrogen (secondary N) is 1. The van der Waals surface area contributed by atoms with Crippen LogP contribution in [-0.2, 0) is 11.8 Å². The van der Waals surface area contributed by atoms with E-state index in [1.54, 1.807) is 36.2 Å². The van der Waals surface area contributed by atoms with Crippen molar-refractivity contribution < 1.29 is 14.5 Å². The van der Waals surface area contributed by atoms with Crippen molar-refractivity contribution >= 4 is 39.1 Å². The molecule has 0 saturated heterocycles. The summed E-state index contributed by atoms with van der Waals surface area (Å²) in [6.07, 6.45) is 0. The van der Waals surface area contributed by atoms with Gasteiger partial charge >= 0.3 is 0 Å². The molecule has 0 unspecified atom stereocenters. The molecule has 11 heteroatoms. The van der Waals surface area contributed by atoms with E-state index in [1.807, 2.05) is 19.9 Å². The number of rotatable bonds is 6. The summed E-state index contributed by atoms with van der Waals surface area (Å²) in [6.45, 7) is 5.28.